The van der Waals surface area contributed by atoms with E-state index in [0.29, 0.717) is 5.69 Å². The van der Waals surface area contributed by atoms with Crippen LogP contribution in [0.5, 0.6) is 0 Å². The molecule has 29 heavy (non-hydrogen) atoms. The number of hydrogen-bond donors (Lipinski definition) is 0. The zero-order chi connectivity index (χ0) is 20.0. The highest BCUT2D eigenvalue weighted by atomic mass is 127. The maximum Gasteiger partial charge on any atom is 0.266 e. The summed E-state index contributed by atoms with van der Waals surface area (Å²) in [6.07, 6.45) is -0.844. The van der Waals surface area contributed by atoms with Gasteiger partial charge in [0.25, 0.3) is 5.91 Å². The van der Waals surface area contributed by atoms with Gasteiger partial charge in [-0.2, -0.15) is 0 Å². The largest absolute Gasteiger partial charge is 0.273 e. The molecule has 0 spiro atoms. The van der Waals surface area contributed by atoms with Crippen LogP contribution >= 0.6 is 22.6 Å². The SMILES string of the molecule is O=C1[C@@H]2[C@H](ON(c3ccccc3)[C@@H]2c2ccccc2)C(=O)N1c1ccccc1I. The van der Waals surface area contributed by atoms with Gasteiger partial charge in [-0.15, -0.1) is 0 Å². The monoisotopic (exact) mass is 496 g/mol. The zero-order valence-corrected chi connectivity index (χ0v) is 17.5. The van der Waals surface area contributed by atoms with E-state index in [1.165, 1.54) is 4.90 Å². The maximum atomic E-state index is 13.5. The minimum absolute atomic E-state index is 0.226. The molecule has 3 aromatic carbocycles. The summed E-state index contributed by atoms with van der Waals surface area (Å²) in [7, 11) is 0. The van der Waals surface area contributed by atoms with E-state index in [0.717, 1.165) is 14.8 Å². The second-order valence-electron chi connectivity index (χ2n) is 7.03. The summed E-state index contributed by atoms with van der Waals surface area (Å²) in [4.78, 5) is 34.2. The van der Waals surface area contributed by atoms with Crippen LogP contribution in [0.25, 0.3) is 0 Å². The molecule has 2 saturated heterocycles. The third-order valence-electron chi connectivity index (χ3n) is 5.36. The Morgan fingerprint density at radius 3 is 2.07 bits per heavy atom. The van der Waals surface area contributed by atoms with Crippen LogP contribution in [-0.2, 0) is 14.4 Å². The van der Waals surface area contributed by atoms with E-state index in [1.54, 1.807) is 11.1 Å². The van der Waals surface area contributed by atoms with E-state index in [1.807, 2.05) is 78.9 Å². The van der Waals surface area contributed by atoms with Crippen LogP contribution in [0.1, 0.15) is 11.6 Å². The van der Waals surface area contributed by atoms with Crippen molar-refractivity contribution in [2.75, 3.05) is 9.96 Å². The van der Waals surface area contributed by atoms with Crippen LogP contribution in [0.3, 0.4) is 0 Å². The molecule has 0 aromatic heterocycles. The molecule has 2 aliphatic rings. The van der Waals surface area contributed by atoms with Crippen molar-refractivity contribution in [1.82, 2.24) is 0 Å². The average Bonchev–Trinajstić information content (AvgIpc) is 3.26. The normalized spacial score (nSPS) is 23.6. The van der Waals surface area contributed by atoms with Gasteiger partial charge in [0, 0.05) is 3.57 Å². The first-order valence-electron chi connectivity index (χ1n) is 9.35. The summed E-state index contributed by atoms with van der Waals surface area (Å²) in [6, 6.07) is 26.4. The van der Waals surface area contributed by atoms with Crippen LogP contribution in [0.4, 0.5) is 11.4 Å². The number of rotatable bonds is 3. The Hall–Kier alpha value is -2.71. The number of hydroxylamine groups is 1. The van der Waals surface area contributed by atoms with E-state index < -0.39 is 12.0 Å². The van der Waals surface area contributed by atoms with Gasteiger partial charge in [0.15, 0.2) is 6.10 Å². The lowest BCUT2D eigenvalue weighted by molar-refractivity contribution is -0.126. The van der Waals surface area contributed by atoms with Gasteiger partial charge in [0.05, 0.1) is 17.4 Å². The molecular formula is C23H17IN2O3. The van der Waals surface area contributed by atoms with E-state index >= 15 is 0 Å². The fraction of sp³-hybridized carbons (Fsp3) is 0.130. The fourth-order valence-corrected chi connectivity index (χ4v) is 4.70. The Morgan fingerprint density at radius 1 is 0.759 bits per heavy atom. The Kier molecular flexibility index (Phi) is 4.60. The molecule has 0 radical (unpaired) electrons. The zero-order valence-electron chi connectivity index (χ0n) is 15.3. The van der Waals surface area contributed by atoms with Crippen molar-refractivity contribution in [3.63, 3.8) is 0 Å². The molecule has 0 aliphatic carbocycles. The molecule has 6 heteroatoms. The molecule has 3 atom stereocenters. The maximum absolute atomic E-state index is 13.5. The van der Waals surface area contributed by atoms with E-state index in [9.17, 15) is 9.59 Å². The molecule has 5 nitrogen and oxygen atoms in total. The topological polar surface area (TPSA) is 49.9 Å². The number of carbonyl (C=O) groups is 2. The van der Waals surface area contributed by atoms with Crippen molar-refractivity contribution in [3.8, 4) is 0 Å². The van der Waals surface area contributed by atoms with E-state index in [2.05, 4.69) is 22.6 Å². The molecule has 5 rings (SSSR count). The molecule has 0 bridgehead atoms. The smallest absolute Gasteiger partial charge is 0.266 e. The van der Waals surface area contributed by atoms with Gasteiger partial charge in [-0.05, 0) is 52.4 Å². The Labute approximate surface area is 182 Å². The van der Waals surface area contributed by atoms with Crippen molar-refractivity contribution in [2.24, 2.45) is 5.92 Å². The van der Waals surface area contributed by atoms with Gasteiger partial charge in [-0.25, -0.2) is 9.96 Å². The first-order chi connectivity index (χ1) is 14.2. The molecule has 2 heterocycles. The number of anilines is 2. The first kappa shape index (κ1) is 18.3. The molecule has 2 aliphatic heterocycles. The molecule has 0 N–H and O–H groups in total. The molecule has 2 fully saturated rings. The number of imide groups is 1. The van der Waals surface area contributed by atoms with Gasteiger partial charge >= 0.3 is 0 Å². The molecule has 0 unspecified atom stereocenters. The highest BCUT2D eigenvalue weighted by Gasteiger charge is 2.60. The van der Waals surface area contributed by atoms with Crippen molar-refractivity contribution in [1.29, 1.82) is 0 Å². The van der Waals surface area contributed by atoms with E-state index in [-0.39, 0.29) is 17.9 Å². The van der Waals surface area contributed by atoms with Crippen LogP contribution in [-0.4, -0.2) is 17.9 Å². The summed E-state index contributed by atoms with van der Waals surface area (Å²) < 4.78 is 0.850. The molecule has 144 valence electrons. The number of halogens is 1. The summed E-state index contributed by atoms with van der Waals surface area (Å²) in [6.45, 7) is 0. The average molecular weight is 496 g/mol. The lowest BCUT2D eigenvalue weighted by Gasteiger charge is -2.28. The van der Waals surface area contributed by atoms with Crippen molar-refractivity contribution in [2.45, 2.75) is 12.1 Å². The second kappa shape index (κ2) is 7.27. The van der Waals surface area contributed by atoms with Gasteiger partial charge < -0.3 is 0 Å². The predicted molar refractivity (Wildman–Crippen MR) is 118 cm³/mol. The Morgan fingerprint density at radius 2 is 1.38 bits per heavy atom. The second-order valence-corrected chi connectivity index (χ2v) is 8.19. The van der Waals surface area contributed by atoms with Gasteiger partial charge in [-0.1, -0.05) is 60.7 Å². The van der Waals surface area contributed by atoms with Crippen LogP contribution < -0.4 is 9.96 Å². The van der Waals surface area contributed by atoms with Crippen LogP contribution in [0.15, 0.2) is 84.9 Å². The van der Waals surface area contributed by atoms with Crippen molar-refractivity contribution < 1.29 is 14.4 Å². The lowest BCUT2D eigenvalue weighted by Crippen LogP contribution is -2.37. The van der Waals surface area contributed by atoms with Gasteiger partial charge in [-0.3, -0.25) is 14.4 Å². The number of nitrogens with zero attached hydrogens (tertiary/aromatic N) is 2. The number of benzene rings is 3. The van der Waals surface area contributed by atoms with Crippen molar-refractivity contribution in [3.05, 3.63) is 94.1 Å². The number of carbonyl (C=O) groups excluding carboxylic acids is 2. The highest BCUT2D eigenvalue weighted by molar-refractivity contribution is 14.1. The van der Waals surface area contributed by atoms with Gasteiger partial charge in [0.1, 0.15) is 5.92 Å². The third-order valence-corrected chi connectivity index (χ3v) is 6.27. The first-order valence-corrected chi connectivity index (χ1v) is 10.4. The summed E-state index contributed by atoms with van der Waals surface area (Å²) in [5, 5.41) is 1.72. The van der Waals surface area contributed by atoms with Crippen LogP contribution in [0, 0.1) is 9.49 Å². The van der Waals surface area contributed by atoms with E-state index in [4.69, 9.17) is 4.84 Å². The molecular weight excluding hydrogens is 479 g/mol. The standard InChI is InChI=1S/C23H17IN2O3/c24-17-13-7-8-14-18(17)25-22(27)19-20(15-9-3-1-4-10-15)26(29-21(19)23(25)28)16-11-5-2-6-12-16/h1-14,19-21H/t19-,20+,21-/m0/s1. The predicted octanol–water partition coefficient (Wildman–Crippen LogP) is 4.34. The lowest BCUT2D eigenvalue weighted by atomic mass is 9.90. The number of fused-ring (bicyclic) bond motifs is 1. The van der Waals surface area contributed by atoms with Gasteiger partial charge in [0.2, 0.25) is 5.91 Å². The Balaban J connectivity index is 1.60. The summed E-state index contributed by atoms with van der Waals surface area (Å²) in [5.41, 5.74) is 2.37. The number of para-hydroxylation sites is 2. The molecule has 2 amide bonds. The fourth-order valence-electron chi connectivity index (χ4n) is 4.07. The number of hydrogen-bond acceptors (Lipinski definition) is 4. The minimum atomic E-state index is -0.844. The van der Waals surface area contributed by atoms with Crippen molar-refractivity contribution >= 4 is 45.8 Å². The third kappa shape index (κ3) is 2.94. The van der Waals surface area contributed by atoms with Crippen LogP contribution in [0.2, 0.25) is 0 Å². The molecule has 3 aromatic rings. The highest BCUT2D eigenvalue weighted by Crippen LogP contribution is 2.47. The summed E-state index contributed by atoms with van der Waals surface area (Å²) >= 11 is 2.15. The Bertz CT molecular complexity index is 1070. The summed E-state index contributed by atoms with van der Waals surface area (Å²) in [5.74, 6) is -1.15. The molecule has 0 saturated carbocycles. The number of amides is 2. The minimum Gasteiger partial charge on any atom is -0.273 e. The quantitative estimate of drug-likeness (QED) is 0.400.